The predicted molar refractivity (Wildman–Crippen MR) is 98.5 cm³/mol. The Morgan fingerprint density at radius 3 is 2.69 bits per heavy atom. The van der Waals surface area contributed by atoms with Gasteiger partial charge in [-0.05, 0) is 27.4 Å². The van der Waals surface area contributed by atoms with E-state index in [4.69, 9.17) is 4.52 Å². The van der Waals surface area contributed by atoms with Crippen molar-refractivity contribution in [1.82, 2.24) is 20.0 Å². The smallest absolute Gasteiger partial charge is 0.134 e. The number of aryl methyl sites for hydroxylation is 1. The highest BCUT2D eigenvalue weighted by Gasteiger charge is 2.35. The zero-order valence-corrected chi connectivity index (χ0v) is 15.5. The van der Waals surface area contributed by atoms with Gasteiger partial charge in [0.05, 0.1) is 11.8 Å². The molecule has 0 spiro atoms. The number of likely N-dealkylation sites (N-methyl/N-ethyl adjacent to an activating group) is 1. The average molecular weight is 358 g/mol. The number of nitrogens with zero attached hydrogens (tertiary/aromatic N) is 6. The van der Waals surface area contributed by atoms with E-state index in [9.17, 15) is 5.11 Å². The van der Waals surface area contributed by atoms with Crippen molar-refractivity contribution >= 4 is 11.6 Å². The Labute approximate surface area is 153 Å². The van der Waals surface area contributed by atoms with Gasteiger partial charge in [0.15, 0.2) is 0 Å². The van der Waals surface area contributed by atoms with E-state index in [1.807, 2.05) is 13.0 Å². The van der Waals surface area contributed by atoms with Crippen LogP contribution in [0.1, 0.15) is 23.6 Å². The van der Waals surface area contributed by atoms with Crippen LogP contribution in [0.5, 0.6) is 0 Å². The highest BCUT2D eigenvalue weighted by molar-refractivity contribution is 5.54. The van der Waals surface area contributed by atoms with Gasteiger partial charge < -0.3 is 24.3 Å². The standard InChI is InChI=1S/C18H26N6O2/c1-12-10-26-21-18(12)13-6-23(7-13)16-5-17(20-11-19-16)24-9-15(25)4-14(24)8-22(2)3/h5,10-11,13-15,25H,4,6-9H2,1-3H3/t14-,15-/m1/s1. The molecular weight excluding hydrogens is 332 g/mol. The molecule has 0 aromatic carbocycles. The van der Waals surface area contributed by atoms with Crippen LogP contribution in [-0.2, 0) is 0 Å². The minimum absolute atomic E-state index is 0.268. The molecule has 0 radical (unpaired) electrons. The SMILES string of the molecule is Cc1conc1C1CN(c2cc(N3C[C@H](O)C[C@@H]3CN(C)C)ncn2)C1. The molecule has 0 bridgehead atoms. The third kappa shape index (κ3) is 3.26. The lowest BCUT2D eigenvalue weighted by Gasteiger charge is -2.39. The molecule has 4 rings (SSSR count). The molecule has 2 saturated heterocycles. The summed E-state index contributed by atoms with van der Waals surface area (Å²) in [5.74, 6) is 2.21. The fourth-order valence-corrected chi connectivity index (χ4v) is 3.96. The van der Waals surface area contributed by atoms with Gasteiger partial charge in [0.25, 0.3) is 0 Å². The Morgan fingerprint density at radius 1 is 1.23 bits per heavy atom. The quantitative estimate of drug-likeness (QED) is 0.843. The summed E-state index contributed by atoms with van der Waals surface area (Å²) in [6.07, 6.45) is 3.79. The minimum Gasteiger partial charge on any atom is -0.391 e. The third-order valence-electron chi connectivity index (χ3n) is 5.28. The Balaban J connectivity index is 1.46. The second-order valence-electron chi connectivity index (χ2n) is 7.68. The Bertz CT molecular complexity index is 758. The Kier molecular flexibility index (Phi) is 4.54. The van der Waals surface area contributed by atoms with Gasteiger partial charge in [0, 0.05) is 49.8 Å². The molecule has 2 aliphatic rings. The number of β-amino-alcohol motifs (C(OH)–C–C–N with tert-alkyl or cyclic N) is 1. The number of hydrogen-bond donors (Lipinski definition) is 1. The van der Waals surface area contributed by atoms with E-state index in [2.05, 4.69) is 43.9 Å². The lowest BCUT2D eigenvalue weighted by molar-refractivity contribution is 0.191. The maximum absolute atomic E-state index is 10.1. The Morgan fingerprint density at radius 2 is 2.00 bits per heavy atom. The molecule has 2 aromatic heterocycles. The zero-order valence-electron chi connectivity index (χ0n) is 15.5. The van der Waals surface area contributed by atoms with Gasteiger partial charge >= 0.3 is 0 Å². The van der Waals surface area contributed by atoms with Crippen molar-refractivity contribution in [2.45, 2.75) is 31.4 Å². The van der Waals surface area contributed by atoms with E-state index in [1.165, 1.54) is 0 Å². The molecular formula is C18H26N6O2. The maximum atomic E-state index is 10.1. The van der Waals surface area contributed by atoms with E-state index in [0.717, 1.165) is 48.9 Å². The van der Waals surface area contributed by atoms with Crippen LogP contribution in [0.3, 0.4) is 0 Å². The number of anilines is 2. The lowest BCUT2D eigenvalue weighted by atomic mass is 9.94. The largest absolute Gasteiger partial charge is 0.391 e. The van der Waals surface area contributed by atoms with E-state index in [1.54, 1.807) is 12.6 Å². The maximum Gasteiger partial charge on any atom is 0.134 e. The van der Waals surface area contributed by atoms with Crippen LogP contribution >= 0.6 is 0 Å². The molecule has 0 saturated carbocycles. The third-order valence-corrected chi connectivity index (χ3v) is 5.28. The van der Waals surface area contributed by atoms with Crippen LogP contribution in [0.2, 0.25) is 0 Å². The summed E-state index contributed by atoms with van der Waals surface area (Å²) in [5.41, 5.74) is 2.15. The van der Waals surface area contributed by atoms with Crippen LogP contribution in [0.4, 0.5) is 11.6 Å². The fraction of sp³-hybridized carbons (Fsp3) is 0.611. The van der Waals surface area contributed by atoms with Crippen LogP contribution < -0.4 is 9.80 Å². The van der Waals surface area contributed by atoms with Crippen molar-refractivity contribution in [3.8, 4) is 0 Å². The fourth-order valence-electron chi connectivity index (χ4n) is 3.96. The number of aromatic nitrogens is 3. The molecule has 140 valence electrons. The second-order valence-corrected chi connectivity index (χ2v) is 7.68. The van der Waals surface area contributed by atoms with E-state index in [0.29, 0.717) is 12.5 Å². The summed E-state index contributed by atoms with van der Waals surface area (Å²) in [6, 6.07) is 2.30. The molecule has 8 heteroatoms. The summed E-state index contributed by atoms with van der Waals surface area (Å²) < 4.78 is 5.05. The minimum atomic E-state index is -0.304. The van der Waals surface area contributed by atoms with Crippen LogP contribution in [0.25, 0.3) is 0 Å². The first-order chi connectivity index (χ1) is 12.5. The molecule has 1 N–H and O–H groups in total. The molecule has 2 atom stereocenters. The van der Waals surface area contributed by atoms with Gasteiger partial charge in [0.2, 0.25) is 0 Å². The molecule has 0 unspecified atom stereocenters. The molecule has 26 heavy (non-hydrogen) atoms. The molecule has 2 aliphatic heterocycles. The van der Waals surface area contributed by atoms with Crippen LogP contribution in [-0.4, -0.2) is 77.6 Å². The van der Waals surface area contributed by atoms with Crippen molar-refractivity contribution in [2.24, 2.45) is 0 Å². The summed E-state index contributed by atoms with van der Waals surface area (Å²) in [4.78, 5) is 15.5. The van der Waals surface area contributed by atoms with Gasteiger partial charge in [-0.25, -0.2) is 9.97 Å². The first-order valence-electron chi connectivity index (χ1n) is 9.08. The van der Waals surface area contributed by atoms with Crippen LogP contribution in [0, 0.1) is 6.92 Å². The van der Waals surface area contributed by atoms with Gasteiger partial charge in [-0.2, -0.15) is 0 Å². The van der Waals surface area contributed by atoms with Crippen molar-refractivity contribution in [2.75, 3.05) is 50.1 Å². The van der Waals surface area contributed by atoms with E-state index in [-0.39, 0.29) is 12.1 Å². The molecule has 4 heterocycles. The molecule has 0 aliphatic carbocycles. The molecule has 0 amide bonds. The normalized spacial score (nSPS) is 23.7. The van der Waals surface area contributed by atoms with Gasteiger partial charge in [-0.1, -0.05) is 5.16 Å². The topological polar surface area (TPSA) is 81.8 Å². The van der Waals surface area contributed by atoms with E-state index >= 15 is 0 Å². The van der Waals surface area contributed by atoms with E-state index < -0.39 is 0 Å². The second kappa shape index (κ2) is 6.85. The van der Waals surface area contributed by atoms with Gasteiger partial charge in [0.1, 0.15) is 24.2 Å². The van der Waals surface area contributed by atoms with Crippen molar-refractivity contribution < 1.29 is 9.63 Å². The molecule has 2 fully saturated rings. The van der Waals surface area contributed by atoms with Gasteiger partial charge in [-0.15, -0.1) is 0 Å². The van der Waals surface area contributed by atoms with Crippen molar-refractivity contribution in [1.29, 1.82) is 0 Å². The molecule has 8 nitrogen and oxygen atoms in total. The highest BCUT2D eigenvalue weighted by Crippen LogP contribution is 2.33. The number of aliphatic hydroxyl groups excluding tert-OH is 1. The number of hydrogen-bond acceptors (Lipinski definition) is 8. The average Bonchev–Trinajstić information content (AvgIpc) is 3.12. The summed E-state index contributed by atoms with van der Waals surface area (Å²) in [7, 11) is 4.11. The summed E-state index contributed by atoms with van der Waals surface area (Å²) >= 11 is 0. The zero-order chi connectivity index (χ0) is 18.3. The number of rotatable bonds is 5. The van der Waals surface area contributed by atoms with Crippen molar-refractivity contribution in [3.63, 3.8) is 0 Å². The lowest BCUT2D eigenvalue weighted by Crippen LogP contribution is -2.46. The van der Waals surface area contributed by atoms with Crippen LogP contribution in [0.15, 0.2) is 23.2 Å². The van der Waals surface area contributed by atoms with Crippen molar-refractivity contribution in [3.05, 3.63) is 29.9 Å². The first kappa shape index (κ1) is 17.2. The Hall–Kier alpha value is -2.19. The van der Waals surface area contributed by atoms with Gasteiger partial charge in [-0.3, -0.25) is 0 Å². The number of aliphatic hydroxyl groups is 1. The summed E-state index contributed by atoms with van der Waals surface area (Å²) in [5, 5.41) is 14.2. The predicted octanol–water partition coefficient (Wildman–Crippen LogP) is 0.878. The highest BCUT2D eigenvalue weighted by atomic mass is 16.5. The molecule has 2 aromatic rings. The summed E-state index contributed by atoms with van der Waals surface area (Å²) in [6.45, 7) is 5.31. The first-order valence-corrected chi connectivity index (χ1v) is 9.08. The monoisotopic (exact) mass is 358 g/mol.